The van der Waals surface area contributed by atoms with Gasteiger partial charge in [0.1, 0.15) is 11.5 Å². The zero-order chi connectivity index (χ0) is 18.4. The van der Waals surface area contributed by atoms with Crippen LogP contribution in [0, 0.1) is 0 Å². The number of methoxy groups -OCH3 is 1. The van der Waals surface area contributed by atoms with Crippen molar-refractivity contribution >= 4 is 27.5 Å². The van der Waals surface area contributed by atoms with Crippen molar-refractivity contribution in [1.29, 1.82) is 0 Å². The number of nitrogens with one attached hydrogen (secondary N) is 1. The Morgan fingerprint density at radius 1 is 1.04 bits per heavy atom. The van der Waals surface area contributed by atoms with Crippen molar-refractivity contribution < 1.29 is 27.3 Å². The number of ether oxygens (including phenoxy) is 1. The van der Waals surface area contributed by atoms with E-state index in [1.165, 1.54) is 12.1 Å². The minimum atomic E-state index is -4.28. The van der Waals surface area contributed by atoms with Crippen LogP contribution in [0.15, 0.2) is 53.4 Å². The first-order valence-electron chi connectivity index (χ1n) is 7.30. The molecule has 0 radical (unpaired) electrons. The number of Topliss-reactive ketones (excluding diaryl/α,β-unsaturated/α-hetero) is 1. The molecule has 0 unspecified atom stereocenters. The molecule has 0 saturated heterocycles. The summed E-state index contributed by atoms with van der Waals surface area (Å²) in [7, 11) is -2.73. The first kappa shape index (κ1) is 18.6. The Kier molecular flexibility index (Phi) is 5.89. The average molecular weight is 363 g/mol. The summed E-state index contributed by atoms with van der Waals surface area (Å²) in [6.45, 7) is 0. The van der Waals surface area contributed by atoms with E-state index in [2.05, 4.69) is 5.32 Å². The van der Waals surface area contributed by atoms with Gasteiger partial charge in [-0.1, -0.05) is 12.1 Å². The van der Waals surface area contributed by atoms with Gasteiger partial charge in [-0.25, -0.2) is 0 Å². The monoisotopic (exact) mass is 363 g/mol. The predicted octanol–water partition coefficient (Wildman–Crippen LogP) is 2.08. The maximum absolute atomic E-state index is 11.9. The maximum Gasteiger partial charge on any atom is 0.294 e. The van der Waals surface area contributed by atoms with Crippen molar-refractivity contribution in [3.63, 3.8) is 0 Å². The number of anilines is 1. The Bertz CT molecular complexity index is 857. The fourth-order valence-corrected chi connectivity index (χ4v) is 2.61. The Labute approximate surface area is 145 Å². The normalized spacial score (nSPS) is 11.0. The minimum Gasteiger partial charge on any atom is -0.497 e. The number of rotatable bonds is 7. The van der Waals surface area contributed by atoms with Crippen molar-refractivity contribution in [1.82, 2.24) is 0 Å². The lowest BCUT2D eigenvalue weighted by molar-refractivity contribution is -0.125. The zero-order valence-electron chi connectivity index (χ0n) is 13.4. The Balaban J connectivity index is 1.89. The third-order valence-electron chi connectivity index (χ3n) is 3.35. The second-order valence-electron chi connectivity index (χ2n) is 5.29. The molecule has 0 spiro atoms. The van der Waals surface area contributed by atoms with Crippen LogP contribution in [0.5, 0.6) is 5.75 Å². The molecule has 0 aliphatic rings. The lowest BCUT2D eigenvalue weighted by atomic mass is 10.1. The number of carbonyl (C=O) groups is 2. The number of benzene rings is 2. The van der Waals surface area contributed by atoms with Crippen LogP contribution >= 0.6 is 0 Å². The van der Waals surface area contributed by atoms with Gasteiger partial charge in [0.25, 0.3) is 10.1 Å². The van der Waals surface area contributed by atoms with E-state index < -0.39 is 16.0 Å². The average Bonchev–Trinajstić information content (AvgIpc) is 2.55. The molecule has 0 fully saturated rings. The molecule has 0 aliphatic heterocycles. The van der Waals surface area contributed by atoms with Crippen LogP contribution in [0.1, 0.15) is 12.0 Å². The highest BCUT2D eigenvalue weighted by Gasteiger charge is 2.12. The van der Waals surface area contributed by atoms with Crippen LogP contribution in [0.4, 0.5) is 5.69 Å². The molecule has 2 N–H and O–H groups in total. The highest BCUT2D eigenvalue weighted by atomic mass is 32.2. The molecule has 0 bridgehead atoms. The number of carbonyl (C=O) groups excluding carboxylic acids is 2. The summed E-state index contributed by atoms with van der Waals surface area (Å²) in [6.07, 6.45) is -0.175. The lowest BCUT2D eigenvalue weighted by Crippen LogP contribution is -2.17. The van der Waals surface area contributed by atoms with E-state index in [0.717, 1.165) is 17.7 Å². The minimum absolute atomic E-state index is 0.124. The van der Waals surface area contributed by atoms with Crippen molar-refractivity contribution in [3.8, 4) is 5.75 Å². The topological polar surface area (TPSA) is 110 Å². The Morgan fingerprint density at radius 3 is 2.16 bits per heavy atom. The number of hydrogen-bond acceptors (Lipinski definition) is 5. The van der Waals surface area contributed by atoms with Crippen LogP contribution in [-0.4, -0.2) is 31.8 Å². The van der Waals surface area contributed by atoms with E-state index in [4.69, 9.17) is 9.29 Å². The lowest BCUT2D eigenvalue weighted by Gasteiger charge is -2.06. The van der Waals surface area contributed by atoms with Gasteiger partial charge in [0.2, 0.25) is 5.91 Å². The van der Waals surface area contributed by atoms with E-state index in [-0.39, 0.29) is 23.5 Å². The molecule has 25 heavy (non-hydrogen) atoms. The second-order valence-corrected chi connectivity index (χ2v) is 6.71. The molecular formula is C17H17NO6S. The molecule has 2 aromatic carbocycles. The van der Waals surface area contributed by atoms with Crippen LogP contribution in [-0.2, 0) is 26.1 Å². The largest absolute Gasteiger partial charge is 0.497 e. The van der Waals surface area contributed by atoms with Gasteiger partial charge in [-0.15, -0.1) is 0 Å². The van der Waals surface area contributed by atoms with Crippen molar-refractivity contribution in [2.45, 2.75) is 17.7 Å². The summed E-state index contributed by atoms with van der Waals surface area (Å²) in [6, 6.07) is 11.9. The van der Waals surface area contributed by atoms with Gasteiger partial charge in [0.05, 0.1) is 18.4 Å². The summed E-state index contributed by atoms with van der Waals surface area (Å²) in [5.41, 5.74) is 1.10. The van der Waals surface area contributed by atoms with Gasteiger partial charge in [-0.2, -0.15) is 8.42 Å². The van der Waals surface area contributed by atoms with E-state index in [1.807, 2.05) is 0 Å². The summed E-state index contributed by atoms with van der Waals surface area (Å²) < 4.78 is 35.8. The van der Waals surface area contributed by atoms with Crippen LogP contribution < -0.4 is 10.1 Å². The van der Waals surface area contributed by atoms with Gasteiger partial charge in [0.15, 0.2) is 0 Å². The van der Waals surface area contributed by atoms with Crippen molar-refractivity contribution in [2.24, 2.45) is 0 Å². The SMILES string of the molecule is COc1ccc(CC(=O)CC(=O)Nc2ccc(S(=O)(=O)O)cc2)cc1. The molecule has 0 heterocycles. The molecule has 2 aromatic rings. The predicted molar refractivity (Wildman–Crippen MR) is 91.2 cm³/mol. The molecule has 132 valence electrons. The van der Waals surface area contributed by atoms with Crippen LogP contribution in [0.25, 0.3) is 0 Å². The molecule has 0 aromatic heterocycles. The highest BCUT2D eigenvalue weighted by molar-refractivity contribution is 7.85. The van der Waals surface area contributed by atoms with Gasteiger partial charge in [-0.3, -0.25) is 14.1 Å². The van der Waals surface area contributed by atoms with Gasteiger partial charge < -0.3 is 10.1 Å². The molecular weight excluding hydrogens is 346 g/mol. The number of ketones is 1. The van der Waals surface area contributed by atoms with E-state index in [1.54, 1.807) is 31.4 Å². The van der Waals surface area contributed by atoms with Crippen LogP contribution in [0.3, 0.4) is 0 Å². The third-order valence-corrected chi connectivity index (χ3v) is 4.22. The van der Waals surface area contributed by atoms with Crippen molar-refractivity contribution in [2.75, 3.05) is 12.4 Å². The zero-order valence-corrected chi connectivity index (χ0v) is 14.2. The molecule has 0 saturated carbocycles. The van der Waals surface area contributed by atoms with Gasteiger partial charge >= 0.3 is 0 Å². The Morgan fingerprint density at radius 2 is 1.64 bits per heavy atom. The molecule has 0 aliphatic carbocycles. The van der Waals surface area contributed by atoms with Crippen LogP contribution in [0.2, 0.25) is 0 Å². The summed E-state index contributed by atoms with van der Waals surface area (Å²) in [5.74, 6) is -0.0716. The summed E-state index contributed by atoms with van der Waals surface area (Å²) in [4.78, 5) is 23.5. The fraction of sp³-hybridized carbons (Fsp3) is 0.176. The number of amides is 1. The molecule has 0 atom stereocenters. The fourth-order valence-electron chi connectivity index (χ4n) is 2.13. The van der Waals surface area contributed by atoms with E-state index in [9.17, 15) is 18.0 Å². The molecule has 2 rings (SSSR count). The summed E-state index contributed by atoms with van der Waals surface area (Å²) >= 11 is 0. The van der Waals surface area contributed by atoms with Gasteiger partial charge in [0, 0.05) is 12.1 Å². The molecule has 1 amide bonds. The number of hydrogen-bond donors (Lipinski definition) is 2. The third kappa shape index (κ3) is 5.70. The second kappa shape index (κ2) is 7.91. The quantitative estimate of drug-likeness (QED) is 0.576. The standard InChI is InChI=1S/C17H17NO6S/c1-24-15-6-2-12(3-7-15)10-14(19)11-17(20)18-13-4-8-16(9-5-13)25(21,22)23/h2-9H,10-11H2,1H3,(H,18,20)(H,21,22,23). The maximum atomic E-state index is 11.9. The van der Waals surface area contributed by atoms with E-state index in [0.29, 0.717) is 11.4 Å². The molecule has 7 nitrogen and oxygen atoms in total. The molecule has 8 heteroatoms. The Hall–Kier alpha value is -2.71. The summed E-state index contributed by atoms with van der Waals surface area (Å²) in [5, 5.41) is 2.50. The smallest absolute Gasteiger partial charge is 0.294 e. The van der Waals surface area contributed by atoms with Crippen molar-refractivity contribution in [3.05, 3.63) is 54.1 Å². The van der Waals surface area contributed by atoms with Gasteiger partial charge in [-0.05, 0) is 42.0 Å². The first-order valence-corrected chi connectivity index (χ1v) is 8.74. The van der Waals surface area contributed by atoms with E-state index >= 15 is 0 Å². The first-order chi connectivity index (χ1) is 11.8. The highest BCUT2D eigenvalue weighted by Crippen LogP contribution is 2.15.